The van der Waals surface area contributed by atoms with Crippen LogP contribution in [-0.2, 0) is 9.59 Å². The summed E-state index contributed by atoms with van der Waals surface area (Å²) in [5.41, 5.74) is 0.202. The Kier molecular flexibility index (Phi) is 5.39. The second-order valence-corrected chi connectivity index (χ2v) is 7.01. The van der Waals surface area contributed by atoms with Crippen molar-refractivity contribution in [3.63, 3.8) is 0 Å². The van der Waals surface area contributed by atoms with Crippen LogP contribution in [0, 0.1) is 11.3 Å². The summed E-state index contributed by atoms with van der Waals surface area (Å²) in [5.74, 6) is -0.566. The van der Waals surface area contributed by atoms with Crippen molar-refractivity contribution in [2.24, 2.45) is 11.3 Å². The molecule has 1 saturated heterocycles. The third-order valence-electron chi connectivity index (χ3n) is 3.59. The Bertz CT molecular complexity index is 333. The lowest BCUT2D eigenvalue weighted by Gasteiger charge is -2.34. The van der Waals surface area contributed by atoms with Crippen molar-refractivity contribution in [1.82, 2.24) is 4.90 Å². The van der Waals surface area contributed by atoms with Crippen LogP contribution in [-0.4, -0.2) is 34.5 Å². The zero-order valence-electron chi connectivity index (χ0n) is 12.6. The van der Waals surface area contributed by atoms with Crippen molar-refractivity contribution in [3.05, 3.63) is 0 Å². The molecule has 0 aromatic heterocycles. The van der Waals surface area contributed by atoms with E-state index >= 15 is 0 Å². The Morgan fingerprint density at radius 1 is 1.32 bits per heavy atom. The quantitative estimate of drug-likeness (QED) is 0.853. The van der Waals surface area contributed by atoms with E-state index in [0.717, 1.165) is 19.3 Å². The van der Waals surface area contributed by atoms with E-state index < -0.39 is 12.0 Å². The Hall–Kier alpha value is -1.06. The molecule has 0 radical (unpaired) electrons. The van der Waals surface area contributed by atoms with Crippen LogP contribution in [0.25, 0.3) is 0 Å². The summed E-state index contributed by atoms with van der Waals surface area (Å²) in [6.07, 6.45) is 3.85. The molecule has 1 fully saturated rings. The second kappa shape index (κ2) is 6.40. The van der Waals surface area contributed by atoms with E-state index in [9.17, 15) is 14.7 Å². The number of rotatable bonds is 4. The number of piperidine rings is 1. The summed E-state index contributed by atoms with van der Waals surface area (Å²) in [4.78, 5) is 25.0. The highest BCUT2D eigenvalue weighted by Crippen LogP contribution is 2.27. The minimum Gasteiger partial charge on any atom is -0.480 e. The highest BCUT2D eigenvalue weighted by atomic mass is 16.4. The van der Waals surface area contributed by atoms with Gasteiger partial charge in [0.2, 0.25) is 5.91 Å². The van der Waals surface area contributed by atoms with Crippen molar-refractivity contribution in [1.29, 1.82) is 0 Å². The zero-order valence-corrected chi connectivity index (χ0v) is 12.6. The number of carbonyl (C=O) groups is 2. The monoisotopic (exact) mass is 269 g/mol. The number of likely N-dealkylation sites (tertiary alicyclic amines) is 1. The summed E-state index contributed by atoms with van der Waals surface area (Å²) in [7, 11) is 0. The van der Waals surface area contributed by atoms with Crippen LogP contribution in [0.3, 0.4) is 0 Å². The maximum atomic E-state index is 12.3. The average molecular weight is 269 g/mol. The van der Waals surface area contributed by atoms with Crippen LogP contribution >= 0.6 is 0 Å². The number of hydrogen-bond donors (Lipinski definition) is 1. The molecule has 0 saturated carbocycles. The SMILES string of the molecule is CC(CC(=O)N1CCCCC1C(=O)O)CC(C)(C)C. The highest BCUT2D eigenvalue weighted by Gasteiger charge is 2.32. The van der Waals surface area contributed by atoms with Crippen LogP contribution in [0.4, 0.5) is 0 Å². The third kappa shape index (κ3) is 5.21. The van der Waals surface area contributed by atoms with Crippen LogP contribution in [0.2, 0.25) is 0 Å². The van der Waals surface area contributed by atoms with Gasteiger partial charge < -0.3 is 10.0 Å². The Morgan fingerprint density at radius 3 is 2.47 bits per heavy atom. The van der Waals surface area contributed by atoms with Crippen molar-refractivity contribution >= 4 is 11.9 Å². The van der Waals surface area contributed by atoms with Crippen LogP contribution < -0.4 is 0 Å². The predicted octanol–water partition coefficient (Wildman–Crippen LogP) is 2.91. The fourth-order valence-corrected chi connectivity index (χ4v) is 3.02. The second-order valence-electron chi connectivity index (χ2n) is 7.01. The van der Waals surface area contributed by atoms with Gasteiger partial charge in [-0.3, -0.25) is 4.79 Å². The van der Waals surface area contributed by atoms with Crippen LogP contribution in [0.15, 0.2) is 0 Å². The lowest BCUT2D eigenvalue weighted by molar-refractivity contribution is -0.152. The molecule has 1 rings (SSSR count). The third-order valence-corrected chi connectivity index (χ3v) is 3.59. The van der Waals surface area contributed by atoms with Gasteiger partial charge in [0.15, 0.2) is 0 Å². The minimum absolute atomic E-state index is 0.00356. The number of aliphatic carboxylic acids is 1. The number of carbonyl (C=O) groups excluding carboxylic acids is 1. The van der Waals surface area contributed by atoms with Gasteiger partial charge in [0.1, 0.15) is 6.04 Å². The van der Waals surface area contributed by atoms with Gasteiger partial charge in [-0.25, -0.2) is 4.79 Å². The van der Waals surface area contributed by atoms with Crippen LogP contribution in [0.5, 0.6) is 0 Å². The van der Waals surface area contributed by atoms with Gasteiger partial charge in [0.25, 0.3) is 0 Å². The molecule has 2 unspecified atom stereocenters. The Labute approximate surface area is 116 Å². The van der Waals surface area contributed by atoms with Crippen molar-refractivity contribution < 1.29 is 14.7 Å². The topological polar surface area (TPSA) is 57.6 Å². The number of nitrogens with zero attached hydrogens (tertiary/aromatic N) is 1. The van der Waals surface area contributed by atoms with Gasteiger partial charge >= 0.3 is 5.97 Å². The molecule has 1 heterocycles. The molecule has 110 valence electrons. The molecule has 2 atom stereocenters. The first-order valence-electron chi connectivity index (χ1n) is 7.23. The summed E-state index contributed by atoms with van der Waals surface area (Å²) in [6, 6.07) is -0.608. The number of carboxylic acids is 1. The Morgan fingerprint density at radius 2 is 1.95 bits per heavy atom. The number of carboxylic acid groups (broad SMARTS) is 1. The first-order valence-corrected chi connectivity index (χ1v) is 7.23. The summed E-state index contributed by atoms with van der Waals surface area (Å²) >= 11 is 0. The standard InChI is InChI=1S/C15H27NO3/c1-11(10-15(2,3)4)9-13(17)16-8-6-5-7-12(16)14(18)19/h11-12H,5-10H2,1-4H3,(H,18,19). The molecule has 0 aromatic rings. The molecule has 0 bridgehead atoms. The van der Waals surface area contributed by atoms with Gasteiger partial charge in [-0.1, -0.05) is 27.7 Å². The van der Waals surface area contributed by atoms with E-state index in [1.54, 1.807) is 4.90 Å². The summed E-state index contributed by atoms with van der Waals surface area (Å²) < 4.78 is 0. The molecule has 1 aliphatic heterocycles. The number of hydrogen-bond acceptors (Lipinski definition) is 2. The van der Waals surface area contributed by atoms with Gasteiger partial charge in [0.05, 0.1) is 0 Å². The molecule has 4 heteroatoms. The smallest absolute Gasteiger partial charge is 0.326 e. The van der Waals surface area contributed by atoms with E-state index in [0.29, 0.717) is 25.3 Å². The van der Waals surface area contributed by atoms with Crippen molar-refractivity contribution in [3.8, 4) is 0 Å². The molecular weight excluding hydrogens is 242 g/mol. The molecule has 19 heavy (non-hydrogen) atoms. The lowest BCUT2D eigenvalue weighted by atomic mass is 9.84. The highest BCUT2D eigenvalue weighted by molar-refractivity contribution is 5.84. The van der Waals surface area contributed by atoms with E-state index in [-0.39, 0.29) is 11.3 Å². The molecule has 4 nitrogen and oxygen atoms in total. The van der Waals surface area contributed by atoms with Crippen LogP contribution in [0.1, 0.15) is 59.8 Å². The van der Waals surface area contributed by atoms with E-state index in [1.807, 2.05) is 0 Å². The predicted molar refractivity (Wildman–Crippen MR) is 74.8 cm³/mol. The van der Waals surface area contributed by atoms with E-state index in [2.05, 4.69) is 27.7 Å². The van der Waals surface area contributed by atoms with Gasteiger partial charge in [-0.05, 0) is 37.0 Å². The van der Waals surface area contributed by atoms with Gasteiger partial charge in [-0.2, -0.15) is 0 Å². The number of amides is 1. The van der Waals surface area contributed by atoms with E-state index in [4.69, 9.17) is 0 Å². The summed E-state index contributed by atoms with van der Waals surface area (Å²) in [5, 5.41) is 9.18. The molecule has 0 spiro atoms. The maximum absolute atomic E-state index is 12.3. The molecule has 0 aliphatic carbocycles. The van der Waals surface area contributed by atoms with Gasteiger partial charge in [0, 0.05) is 13.0 Å². The lowest BCUT2D eigenvalue weighted by Crippen LogP contribution is -2.48. The first-order chi connectivity index (χ1) is 8.70. The molecule has 0 aromatic carbocycles. The molecule has 1 aliphatic rings. The van der Waals surface area contributed by atoms with Crippen molar-refractivity contribution in [2.75, 3.05) is 6.54 Å². The normalized spacial score (nSPS) is 22.1. The largest absolute Gasteiger partial charge is 0.480 e. The van der Waals surface area contributed by atoms with Gasteiger partial charge in [-0.15, -0.1) is 0 Å². The minimum atomic E-state index is -0.864. The molecular formula is C15H27NO3. The molecule has 1 amide bonds. The zero-order chi connectivity index (χ0) is 14.6. The first kappa shape index (κ1) is 16.0. The average Bonchev–Trinajstić information content (AvgIpc) is 2.26. The van der Waals surface area contributed by atoms with E-state index in [1.165, 1.54) is 0 Å². The Balaban J connectivity index is 2.58. The van der Waals surface area contributed by atoms with Crippen molar-refractivity contribution in [2.45, 2.75) is 65.8 Å². The molecule has 1 N–H and O–H groups in total. The summed E-state index contributed by atoms with van der Waals surface area (Å²) in [6.45, 7) is 9.15. The maximum Gasteiger partial charge on any atom is 0.326 e. The fraction of sp³-hybridized carbons (Fsp3) is 0.867. The fourth-order valence-electron chi connectivity index (χ4n) is 3.02.